The molecule has 1 aliphatic rings. The number of carbonyl (C=O) groups excluding carboxylic acids is 1. The maximum Gasteiger partial charge on any atom is 0.263 e. The van der Waals surface area contributed by atoms with Crippen molar-refractivity contribution in [3.8, 4) is 5.75 Å². The van der Waals surface area contributed by atoms with Crippen LogP contribution in [-0.2, 0) is 11.2 Å². The monoisotopic (exact) mass is 290 g/mol. The summed E-state index contributed by atoms with van der Waals surface area (Å²) in [5.41, 5.74) is 7.01. The second-order valence-corrected chi connectivity index (χ2v) is 5.95. The molecule has 2 N–H and O–H groups in total. The number of amides is 1. The molecule has 0 radical (unpaired) electrons. The van der Waals surface area contributed by atoms with Crippen LogP contribution in [0.5, 0.6) is 5.75 Å². The van der Waals surface area contributed by atoms with Crippen molar-refractivity contribution in [3.05, 3.63) is 29.8 Å². The van der Waals surface area contributed by atoms with Crippen molar-refractivity contribution in [1.82, 2.24) is 4.90 Å². The average molecular weight is 290 g/mol. The summed E-state index contributed by atoms with van der Waals surface area (Å²) in [5.74, 6) is 0.841. The number of ether oxygens (including phenoxy) is 1. The largest absolute Gasteiger partial charge is 0.481 e. The van der Waals surface area contributed by atoms with E-state index < -0.39 is 6.10 Å². The van der Waals surface area contributed by atoms with Crippen LogP contribution in [-0.4, -0.2) is 36.0 Å². The summed E-state index contributed by atoms with van der Waals surface area (Å²) in [7, 11) is 0. The van der Waals surface area contributed by atoms with Crippen molar-refractivity contribution < 1.29 is 9.53 Å². The van der Waals surface area contributed by atoms with Crippen LogP contribution in [0.15, 0.2) is 24.3 Å². The number of nitrogens with zero attached hydrogens (tertiary/aromatic N) is 1. The number of benzene rings is 1. The summed E-state index contributed by atoms with van der Waals surface area (Å²) in [6, 6.07) is 8.18. The molecule has 1 aromatic rings. The molecule has 4 heteroatoms. The van der Waals surface area contributed by atoms with Crippen LogP contribution in [0.1, 0.15) is 38.7 Å². The Morgan fingerprint density at radius 2 is 1.86 bits per heavy atom. The Morgan fingerprint density at radius 1 is 1.24 bits per heavy atom. The van der Waals surface area contributed by atoms with Gasteiger partial charge in [0.1, 0.15) is 5.75 Å². The zero-order valence-corrected chi connectivity index (χ0v) is 13.0. The first kappa shape index (κ1) is 15.8. The molecule has 1 fully saturated rings. The summed E-state index contributed by atoms with van der Waals surface area (Å²) in [6.45, 7) is 5.57. The highest BCUT2D eigenvalue weighted by Crippen LogP contribution is 2.17. The molecule has 2 rings (SSSR count). The van der Waals surface area contributed by atoms with E-state index in [9.17, 15) is 4.79 Å². The van der Waals surface area contributed by atoms with Gasteiger partial charge in [0, 0.05) is 19.1 Å². The molecule has 2 atom stereocenters. The molecule has 1 aliphatic heterocycles. The van der Waals surface area contributed by atoms with Crippen LogP contribution < -0.4 is 10.5 Å². The van der Waals surface area contributed by atoms with Crippen LogP contribution in [0.4, 0.5) is 0 Å². The molecule has 21 heavy (non-hydrogen) atoms. The second-order valence-electron chi connectivity index (χ2n) is 5.95. The van der Waals surface area contributed by atoms with Crippen molar-refractivity contribution >= 4 is 5.91 Å². The molecule has 116 valence electrons. The van der Waals surface area contributed by atoms with E-state index >= 15 is 0 Å². The normalized spacial score (nSPS) is 17.6. The lowest BCUT2D eigenvalue weighted by Crippen LogP contribution is -2.38. The highest BCUT2D eigenvalue weighted by Gasteiger charge is 2.24. The van der Waals surface area contributed by atoms with Gasteiger partial charge in [-0.15, -0.1) is 0 Å². The molecule has 4 nitrogen and oxygen atoms in total. The molecule has 2 unspecified atom stereocenters. The smallest absolute Gasteiger partial charge is 0.263 e. The van der Waals surface area contributed by atoms with Gasteiger partial charge in [-0.25, -0.2) is 0 Å². The number of rotatable bonds is 6. The Kier molecular flexibility index (Phi) is 5.62. The molecule has 0 aliphatic carbocycles. The predicted molar refractivity (Wildman–Crippen MR) is 84.3 cm³/mol. The zero-order chi connectivity index (χ0) is 15.2. The first-order valence-corrected chi connectivity index (χ1v) is 7.86. The first-order valence-electron chi connectivity index (χ1n) is 7.86. The maximum absolute atomic E-state index is 12.2. The average Bonchev–Trinajstić information content (AvgIpc) is 2.99. The van der Waals surface area contributed by atoms with Crippen LogP contribution in [0.2, 0.25) is 0 Å². The van der Waals surface area contributed by atoms with Gasteiger partial charge in [-0.1, -0.05) is 12.1 Å². The number of hydrogen-bond acceptors (Lipinski definition) is 3. The van der Waals surface area contributed by atoms with E-state index in [1.807, 2.05) is 43.0 Å². The third kappa shape index (κ3) is 4.74. The van der Waals surface area contributed by atoms with Gasteiger partial charge in [0.15, 0.2) is 6.10 Å². The lowest BCUT2D eigenvalue weighted by atomic mass is 10.1. The van der Waals surface area contributed by atoms with E-state index in [0.29, 0.717) is 0 Å². The van der Waals surface area contributed by atoms with Gasteiger partial charge in [0.2, 0.25) is 0 Å². The highest BCUT2D eigenvalue weighted by atomic mass is 16.5. The minimum Gasteiger partial charge on any atom is -0.481 e. The van der Waals surface area contributed by atoms with E-state index in [4.69, 9.17) is 10.5 Å². The molecule has 1 amide bonds. The SMILES string of the molecule is CC(N)CCc1ccc(OC(C)C(=O)N2CCCC2)cc1. The Labute approximate surface area is 127 Å². The van der Waals surface area contributed by atoms with Crippen molar-refractivity contribution in [1.29, 1.82) is 0 Å². The van der Waals surface area contributed by atoms with Gasteiger partial charge < -0.3 is 15.4 Å². The summed E-state index contributed by atoms with van der Waals surface area (Å²) in [5, 5.41) is 0. The van der Waals surface area contributed by atoms with Crippen LogP contribution in [0, 0.1) is 0 Å². The van der Waals surface area contributed by atoms with E-state index in [1.165, 1.54) is 5.56 Å². The molecule has 0 aromatic heterocycles. The number of likely N-dealkylation sites (tertiary alicyclic amines) is 1. The van der Waals surface area contributed by atoms with Crippen molar-refractivity contribution in [3.63, 3.8) is 0 Å². The molecule has 1 aromatic carbocycles. The molecular weight excluding hydrogens is 264 g/mol. The van der Waals surface area contributed by atoms with E-state index in [1.54, 1.807) is 0 Å². The standard InChI is InChI=1S/C17H26N2O2/c1-13(18)5-6-15-7-9-16(10-8-15)21-14(2)17(20)19-11-3-4-12-19/h7-10,13-14H,3-6,11-12,18H2,1-2H3. The molecular formula is C17H26N2O2. The Bertz CT molecular complexity index is 450. The minimum absolute atomic E-state index is 0.0912. The molecule has 0 bridgehead atoms. The quantitative estimate of drug-likeness (QED) is 0.875. The lowest BCUT2D eigenvalue weighted by molar-refractivity contribution is -0.136. The number of carbonyl (C=O) groups is 1. The van der Waals surface area contributed by atoms with E-state index in [2.05, 4.69) is 0 Å². The van der Waals surface area contributed by atoms with Crippen molar-refractivity contribution in [2.75, 3.05) is 13.1 Å². The van der Waals surface area contributed by atoms with Gasteiger partial charge >= 0.3 is 0 Å². The van der Waals surface area contributed by atoms with Crippen LogP contribution in [0.25, 0.3) is 0 Å². The summed E-state index contributed by atoms with van der Waals surface area (Å²) < 4.78 is 5.75. The van der Waals surface area contributed by atoms with Gasteiger partial charge in [0.25, 0.3) is 5.91 Å². The fraction of sp³-hybridized carbons (Fsp3) is 0.588. The van der Waals surface area contributed by atoms with Crippen LogP contribution >= 0.6 is 0 Å². The molecule has 1 saturated heterocycles. The third-order valence-electron chi connectivity index (χ3n) is 3.89. The maximum atomic E-state index is 12.2. The van der Waals surface area contributed by atoms with E-state index in [0.717, 1.165) is 44.5 Å². The highest BCUT2D eigenvalue weighted by molar-refractivity contribution is 5.81. The van der Waals surface area contributed by atoms with Gasteiger partial charge in [-0.05, 0) is 57.2 Å². The van der Waals surface area contributed by atoms with E-state index in [-0.39, 0.29) is 11.9 Å². The molecule has 0 saturated carbocycles. The summed E-state index contributed by atoms with van der Waals surface area (Å²) in [6.07, 6.45) is 3.74. The Balaban J connectivity index is 1.85. The third-order valence-corrected chi connectivity index (χ3v) is 3.89. The summed E-state index contributed by atoms with van der Waals surface area (Å²) >= 11 is 0. The Morgan fingerprint density at radius 3 is 2.43 bits per heavy atom. The Hall–Kier alpha value is -1.55. The summed E-state index contributed by atoms with van der Waals surface area (Å²) in [4.78, 5) is 14.1. The first-order chi connectivity index (χ1) is 10.1. The second kappa shape index (κ2) is 7.46. The van der Waals surface area contributed by atoms with Gasteiger partial charge in [0.05, 0.1) is 0 Å². The molecule has 0 spiro atoms. The van der Waals surface area contributed by atoms with Gasteiger partial charge in [-0.2, -0.15) is 0 Å². The van der Waals surface area contributed by atoms with Crippen LogP contribution in [0.3, 0.4) is 0 Å². The predicted octanol–water partition coefficient (Wildman–Crippen LogP) is 2.36. The van der Waals surface area contributed by atoms with Crippen molar-refractivity contribution in [2.24, 2.45) is 5.73 Å². The topological polar surface area (TPSA) is 55.6 Å². The fourth-order valence-electron chi connectivity index (χ4n) is 2.58. The van der Waals surface area contributed by atoms with Crippen molar-refractivity contribution in [2.45, 2.75) is 51.7 Å². The lowest BCUT2D eigenvalue weighted by Gasteiger charge is -2.21. The fourth-order valence-corrected chi connectivity index (χ4v) is 2.58. The minimum atomic E-state index is -0.419. The number of nitrogens with two attached hydrogens (primary N) is 1. The zero-order valence-electron chi connectivity index (χ0n) is 13.0. The number of aryl methyl sites for hydroxylation is 1. The molecule has 1 heterocycles. The number of hydrogen-bond donors (Lipinski definition) is 1. The van der Waals surface area contributed by atoms with Gasteiger partial charge in [-0.3, -0.25) is 4.79 Å².